The van der Waals surface area contributed by atoms with E-state index in [2.05, 4.69) is 116 Å². The molecule has 4 N–H and O–H groups in total. The minimum atomic E-state index is -4.78. The van der Waals surface area contributed by atoms with Crippen LogP contribution in [0.5, 0.6) is 0 Å². The Morgan fingerprint density at radius 1 is 0.485 bits per heavy atom. The molecule has 0 rings (SSSR count). The lowest BCUT2D eigenvalue weighted by Gasteiger charge is -2.18. The van der Waals surface area contributed by atoms with Crippen LogP contribution in [0.2, 0.25) is 0 Å². The summed E-state index contributed by atoms with van der Waals surface area (Å²) in [5.74, 6) is -2.40. The molecule has 0 saturated heterocycles. The molecule has 0 heterocycles. The molecule has 3 unspecified atom stereocenters. The molecule has 0 aromatic heterocycles. The number of unbranched alkanes of at least 4 members (excludes halogenated alkanes) is 18. The molecular formula is C56H94NO10P. The zero-order valence-electron chi connectivity index (χ0n) is 42.4. The third-order valence-electron chi connectivity index (χ3n) is 10.9. The van der Waals surface area contributed by atoms with Crippen molar-refractivity contribution in [1.82, 2.24) is 5.32 Å². The lowest BCUT2D eigenvalue weighted by atomic mass is 10.1. The number of carbonyl (C=O) groups is 3. The van der Waals surface area contributed by atoms with Crippen LogP contribution >= 0.6 is 7.82 Å². The van der Waals surface area contributed by atoms with Gasteiger partial charge in [-0.15, -0.1) is 0 Å². The quantitative estimate of drug-likeness (QED) is 0.0199. The highest BCUT2D eigenvalue weighted by Crippen LogP contribution is 2.43. The maximum absolute atomic E-state index is 12.4. The number of allylic oxidation sites excluding steroid dienone is 16. The van der Waals surface area contributed by atoms with E-state index >= 15 is 0 Å². The van der Waals surface area contributed by atoms with Crippen LogP contribution in [0.3, 0.4) is 0 Å². The van der Waals surface area contributed by atoms with Gasteiger partial charge in [0.2, 0.25) is 5.91 Å². The van der Waals surface area contributed by atoms with Crippen LogP contribution in [0.4, 0.5) is 0 Å². The standard InChI is InChI=1S/C56H94NO10P/c1-3-5-7-9-11-13-15-17-19-21-23-25-26-28-29-31-33-35-37-39-41-43-45-47-54(59)57-53(56(61)62)51-67-68(63,64)66-50-52(58)49-65-55(60)48-46-44-42-40-38-36-34-32-30-27-24-22-20-18-16-14-12-10-8-6-4-2/h5,7,11-14,17-20,23-25,27-29,52-53,58H,3-4,6,8-10,15-16,21-22,26,30-51H2,1-2H3,(H,57,59)(H,61,62)(H,63,64)/b7-5-,13-11-,14-12-,19-17-,20-18-,25-23-,27-24-,29-28-. The number of aliphatic hydroxyl groups excluding tert-OH is 1. The molecule has 0 aromatic rings. The summed E-state index contributed by atoms with van der Waals surface area (Å²) < 4.78 is 27.0. The fourth-order valence-electron chi connectivity index (χ4n) is 6.82. The number of esters is 1. The summed E-state index contributed by atoms with van der Waals surface area (Å²) in [5.41, 5.74) is 0. The molecule has 0 aliphatic heterocycles. The lowest BCUT2D eigenvalue weighted by Crippen LogP contribution is -2.43. The van der Waals surface area contributed by atoms with Crippen molar-refractivity contribution in [3.63, 3.8) is 0 Å². The van der Waals surface area contributed by atoms with Crippen LogP contribution in [0.25, 0.3) is 0 Å². The number of carboxylic acids is 1. The first-order valence-electron chi connectivity index (χ1n) is 26.3. The summed E-state index contributed by atoms with van der Waals surface area (Å²) in [5, 5.41) is 21.9. The maximum Gasteiger partial charge on any atom is 0.472 e. The average molecular weight is 972 g/mol. The normalized spacial score (nSPS) is 14.3. The number of carbonyl (C=O) groups excluding carboxylic acids is 2. The number of ether oxygens (including phenoxy) is 1. The lowest BCUT2D eigenvalue weighted by molar-refractivity contribution is -0.147. The Kier molecular flexibility index (Phi) is 47.2. The van der Waals surface area contributed by atoms with Crippen LogP contribution in [0.1, 0.15) is 206 Å². The summed E-state index contributed by atoms with van der Waals surface area (Å²) in [7, 11) is -4.78. The van der Waals surface area contributed by atoms with Gasteiger partial charge in [-0.25, -0.2) is 9.36 Å². The molecule has 68 heavy (non-hydrogen) atoms. The van der Waals surface area contributed by atoms with Gasteiger partial charge in [0.1, 0.15) is 12.7 Å². The van der Waals surface area contributed by atoms with Crippen molar-refractivity contribution >= 4 is 25.7 Å². The molecule has 0 aliphatic rings. The van der Waals surface area contributed by atoms with E-state index in [-0.39, 0.29) is 12.8 Å². The fraction of sp³-hybridized carbons (Fsp3) is 0.661. The van der Waals surface area contributed by atoms with Gasteiger partial charge in [0.15, 0.2) is 6.04 Å². The van der Waals surface area contributed by atoms with E-state index in [1.165, 1.54) is 51.4 Å². The third-order valence-corrected chi connectivity index (χ3v) is 11.8. The van der Waals surface area contributed by atoms with E-state index in [4.69, 9.17) is 13.8 Å². The van der Waals surface area contributed by atoms with Crippen molar-refractivity contribution < 1.29 is 47.8 Å². The topological polar surface area (TPSA) is 169 Å². The molecule has 0 aliphatic carbocycles. The highest BCUT2D eigenvalue weighted by Gasteiger charge is 2.28. The second-order valence-corrected chi connectivity index (χ2v) is 18.8. The largest absolute Gasteiger partial charge is 0.480 e. The van der Waals surface area contributed by atoms with Crippen molar-refractivity contribution in [2.45, 2.75) is 219 Å². The van der Waals surface area contributed by atoms with Gasteiger partial charge in [0, 0.05) is 12.8 Å². The number of rotatable bonds is 48. The Morgan fingerprint density at radius 2 is 0.853 bits per heavy atom. The first-order chi connectivity index (χ1) is 33.1. The van der Waals surface area contributed by atoms with Gasteiger partial charge in [-0.3, -0.25) is 18.6 Å². The molecule has 3 atom stereocenters. The van der Waals surface area contributed by atoms with Gasteiger partial charge >= 0.3 is 19.8 Å². The molecule has 0 spiro atoms. The minimum Gasteiger partial charge on any atom is -0.480 e. The predicted molar refractivity (Wildman–Crippen MR) is 281 cm³/mol. The molecule has 0 saturated carbocycles. The Bertz CT molecular complexity index is 1510. The third kappa shape index (κ3) is 48.8. The summed E-state index contributed by atoms with van der Waals surface area (Å²) >= 11 is 0. The summed E-state index contributed by atoms with van der Waals surface area (Å²) in [6.45, 7) is 2.45. The number of phosphoric ester groups is 1. The number of aliphatic carboxylic acids is 1. The van der Waals surface area contributed by atoms with Gasteiger partial charge < -0.3 is 25.2 Å². The van der Waals surface area contributed by atoms with Gasteiger partial charge in [0.25, 0.3) is 0 Å². The summed E-state index contributed by atoms with van der Waals surface area (Å²) in [6, 6.07) is -1.56. The number of phosphoric acid groups is 1. The SMILES string of the molecule is CC/C=C\C/C=C\C/C=C\C/C=C\C/C=C\CCCCCCCCCC(=O)NC(COP(=O)(O)OCC(O)COC(=O)CCCCCCCCCC/C=C\C/C=C\C/C=C\CCCCC)C(=O)O. The fourth-order valence-corrected chi connectivity index (χ4v) is 7.59. The Morgan fingerprint density at radius 3 is 1.28 bits per heavy atom. The van der Waals surface area contributed by atoms with E-state index in [0.29, 0.717) is 12.8 Å². The highest BCUT2D eigenvalue weighted by atomic mass is 31.2. The van der Waals surface area contributed by atoms with Crippen molar-refractivity contribution in [2.75, 3.05) is 19.8 Å². The smallest absolute Gasteiger partial charge is 0.472 e. The molecule has 0 radical (unpaired) electrons. The maximum atomic E-state index is 12.4. The second kappa shape index (κ2) is 49.8. The van der Waals surface area contributed by atoms with Gasteiger partial charge in [0.05, 0.1) is 13.2 Å². The Labute approximate surface area is 413 Å². The van der Waals surface area contributed by atoms with Gasteiger partial charge in [-0.1, -0.05) is 195 Å². The van der Waals surface area contributed by atoms with Crippen molar-refractivity contribution in [3.8, 4) is 0 Å². The van der Waals surface area contributed by atoms with Crippen LogP contribution < -0.4 is 5.32 Å². The summed E-state index contributed by atoms with van der Waals surface area (Å²) in [6.07, 6.45) is 64.2. The summed E-state index contributed by atoms with van der Waals surface area (Å²) in [4.78, 5) is 46.2. The molecular weight excluding hydrogens is 878 g/mol. The number of amides is 1. The average Bonchev–Trinajstić information content (AvgIpc) is 3.32. The first kappa shape index (κ1) is 64.4. The molecule has 0 fully saturated rings. The monoisotopic (exact) mass is 972 g/mol. The molecule has 0 bridgehead atoms. The van der Waals surface area contributed by atoms with E-state index in [1.54, 1.807) is 0 Å². The molecule has 388 valence electrons. The minimum absolute atomic E-state index is 0.127. The Hall–Kier alpha value is -3.60. The van der Waals surface area contributed by atoms with E-state index in [9.17, 15) is 34.1 Å². The predicted octanol–water partition coefficient (Wildman–Crippen LogP) is 14.8. The number of nitrogens with one attached hydrogen (secondary N) is 1. The first-order valence-corrected chi connectivity index (χ1v) is 27.8. The molecule has 0 aromatic carbocycles. The number of aliphatic hydroxyl groups is 1. The zero-order valence-corrected chi connectivity index (χ0v) is 43.3. The van der Waals surface area contributed by atoms with Crippen LogP contribution in [-0.4, -0.2) is 64.9 Å². The van der Waals surface area contributed by atoms with Gasteiger partial charge in [-0.05, 0) is 96.3 Å². The van der Waals surface area contributed by atoms with E-state index in [0.717, 1.165) is 116 Å². The second-order valence-electron chi connectivity index (χ2n) is 17.3. The highest BCUT2D eigenvalue weighted by molar-refractivity contribution is 7.47. The van der Waals surface area contributed by atoms with Crippen molar-refractivity contribution in [2.24, 2.45) is 0 Å². The molecule has 12 heteroatoms. The van der Waals surface area contributed by atoms with Crippen molar-refractivity contribution in [3.05, 3.63) is 97.2 Å². The van der Waals surface area contributed by atoms with Gasteiger partial charge in [-0.2, -0.15) is 0 Å². The number of carboxylic acid groups (broad SMARTS) is 1. The molecule has 1 amide bonds. The Balaban J connectivity index is 3.88. The van der Waals surface area contributed by atoms with Crippen LogP contribution in [0.15, 0.2) is 97.2 Å². The number of hydrogen-bond acceptors (Lipinski definition) is 8. The van der Waals surface area contributed by atoms with E-state index in [1.807, 2.05) is 0 Å². The van der Waals surface area contributed by atoms with Crippen LogP contribution in [-0.2, 0) is 32.7 Å². The number of hydrogen-bond donors (Lipinski definition) is 4. The van der Waals surface area contributed by atoms with E-state index < -0.39 is 57.6 Å². The van der Waals surface area contributed by atoms with Crippen molar-refractivity contribution in [1.29, 1.82) is 0 Å². The molecule has 11 nitrogen and oxygen atoms in total. The van der Waals surface area contributed by atoms with Crippen LogP contribution in [0, 0.1) is 0 Å². The zero-order chi connectivity index (χ0) is 49.9.